The summed E-state index contributed by atoms with van der Waals surface area (Å²) in [6.45, 7) is 22.0. The molecule has 3 atom stereocenters. The van der Waals surface area contributed by atoms with E-state index in [2.05, 4.69) is 60.6 Å². The molecular formula is C34H56O4. The van der Waals surface area contributed by atoms with Gasteiger partial charge in [-0.3, -0.25) is 14.4 Å². The van der Waals surface area contributed by atoms with Gasteiger partial charge in [-0.2, -0.15) is 0 Å². The Morgan fingerprint density at radius 3 is 1.92 bits per heavy atom. The number of carbonyl (C=O) groups excluding carboxylic acids is 4. The van der Waals surface area contributed by atoms with E-state index in [0.29, 0.717) is 12.8 Å². The summed E-state index contributed by atoms with van der Waals surface area (Å²) in [4.78, 5) is 47.1. The van der Waals surface area contributed by atoms with E-state index >= 15 is 0 Å². The first-order valence-corrected chi connectivity index (χ1v) is 14.9. The highest BCUT2D eigenvalue weighted by Gasteiger charge is 2.34. The van der Waals surface area contributed by atoms with Crippen molar-refractivity contribution in [3.63, 3.8) is 0 Å². The second kappa shape index (κ2) is 17.5. The molecule has 0 radical (unpaired) electrons. The molecule has 1 aromatic rings. The Kier molecular flexibility index (Phi) is 16.5. The first kappa shape index (κ1) is 35.9. The second-order valence-electron chi connectivity index (χ2n) is 12.1. The Hall–Kier alpha value is -2.10. The van der Waals surface area contributed by atoms with Crippen LogP contribution in [0, 0.1) is 24.7 Å². The zero-order valence-electron chi connectivity index (χ0n) is 26.4. The summed E-state index contributed by atoms with van der Waals surface area (Å²) in [7, 11) is 0. The maximum absolute atomic E-state index is 13.1. The summed E-state index contributed by atoms with van der Waals surface area (Å²) in [6.07, 6.45) is 7.08. The van der Waals surface area contributed by atoms with Gasteiger partial charge in [-0.05, 0) is 74.0 Å². The zero-order chi connectivity index (χ0) is 29.6. The molecule has 216 valence electrons. The largest absolute Gasteiger partial charge is 0.300 e. The lowest BCUT2D eigenvalue weighted by molar-refractivity contribution is -0.130. The number of Topliss-reactive ketones (excluding diaryl/α,β-unsaturated/α-hetero) is 4. The van der Waals surface area contributed by atoms with Gasteiger partial charge in [0.1, 0.15) is 17.3 Å². The van der Waals surface area contributed by atoms with E-state index in [9.17, 15) is 19.2 Å². The summed E-state index contributed by atoms with van der Waals surface area (Å²) >= 11 is 0. The van der Waals surface area contributed by atoms with Gasteiger partial charge >= 0.3 is 0 Å². The minimum atomic E-state index is -0.0737. The van der Waals surface area contributed by atoms with Gasteiger partial charge < -0.3 is 4.79 Å². The number of fused-ring (bicyclic) bond motifs is 1. The zero-order valence-corrected chi connectivity index (χ0v) is 26.4. The molecule has 1 aromatic carbocycles. The van der Waals surface area contributed by atoms with Crippen molar-refractivity contribution >= 4 is 23.1 Å². The van der Waals surface area contributed by atoms with E-state index in [0.717, 1.165) is 43.2 Å². The molecule has 4 heteroatoms. The Labute approximate surface area is 233 Å². The van der Waals surface area contributed by atoms with Gasteiger partial charge in [0.15, 0.2) is 5.78 Å². The highest BCUT2D eigenvalue weighted by atomic mass is 16.1. The number of hydrogen-bond donors (Lipinski definition) is 0. The molecule has 0 aliphatic heterocycles. The molecule has 0 spiro atoms. The van der Waals surface area contributed by atoms with Crippen molar-refractivity contribution in [3.8, 4) is 0 Å². The van der Waals surface area contributed by atoms with Crippen LogP contribution in [-0.4, -0.2) is 23.1 Å². The first-order chi connectivity index (χ1) is 17.7. The lowest BCUT2D eigenvalue weighted by Gasteiger charge is -2.33. The molecule has 1 aliphatic carbocycles. The van der Waals surface area contributed by atoms with E-state index in [1.54, 1.807) is 6.92 Å². The number of carbonyl (C=O) groups is 4. The molecule has 2 rings (SSSR count). The molecule has 4 nitrogen and oxygen atoms in total. The van der Waals surface area contributed by atoms with Crippen LogP contribution >= 0.6 is 0 Å². The van der Waals surface area contributed by atoms with Crippen LogP contribution in [0.2, 0.25) is 0 Å². The minimum absolute atomic E-state index is 0.0217. The lowest BCUT2D eigenvalue weighted by atomic mass is 9.71. The first-order valence-electron chi connectivity index (χ1n) is 14.9. The SMILES string of the molecule is CCC.CCC(C)=O.CCCC(CC1CC(=O)c2c(ccc(C(C)(C)C)c2C)C1)C(CC)C(=O)CC(C)=O. The molecule has 0 heterocycles. The number of benzene rings is 1. The van der Waals surface area contributed by atoms with Crippen LogP contribution < -0.4 is 0 Å². The Morgan fingerprint density at radius 1 is 0.947 bits per heavy atom. The summed E-state index contributed by atoms with van der Waals surface area (Å²) in [5.41, 5.74) is 4.51. The highest BCUT2D eigenvalue weighted by Crippen LogP contribution is 2.38. The molecule has 3 unspecified atom stereocenters. The Bertz CT molecular complexity index is 919. The van der Waals surface area contributed by atoms with Gasteiger partial charge in [-0.25, -0.2) is 0 Å². The minimum Gasteiger partial charge on any atom is -0.300 e. The molecule has 0 fully saturated rings. The number of rotatable bonds is 10. The topological polar surface area (TPSA) is 68.3 Å². The molecule has 0 N–H and O–H groups in total. The van der Waals surface area contributed by atoms with Gasteiger partial charge in [0.05, 0.1) is 6.42 Å². The van der Waals surface area contributed by atoms with Gasteiger partial charge in [0.25, 0.3) is 0 Å². The van der Waals surface area contributed by atoms with Crippen molar-refractivity contribution in [1.29, 1.82) is 0 Å². The van der Waals surface area contributed by atoms with Crippen LogP contribution in [0.1, 0.15) is 148 Å². The fraction of sp³-hybridized carbons (Fsp3) is 0.706. The van der Waals surface area contributed by atoms with E-state index < -0.39 is 0 Å². The van der Waals surface area contributed by atoms with Crippen LogP contribution in [0.15, 0.2) is 12.1 Å². The predicted octanol–water partition coefficient (Wildman–Crippen LogP) is 8.82. The molecule has 0 aromatic heterocycles. The summed E-state index contributed by atoms with van der Waals surface area (Å²) < 4.78 is 0. The standard InChI is InChI=1S/C27H40O3.C4H8O.C3H8/c1-8-10-20(22(9-2)24(29)13-17(3)28)14-19-15-21-11-12-23(27(5,6)7)18(4)26(21)25(30)16-19;1-3-4(2)5;1-3-2/h11-12,19-20,22H,8-10,13-16H2,1-7H3;3H2,1-2H3;3H2,1-2H3. The van der Waals surface area contributed by atoms with Crippen molar-refractivity contribution < 1.29 is 19.2 Å². The van der Waals surface area contributed by atoms with Gasteiger partial charge in [0.2, 0.25) is 0 Å². The number of hydrogen-bond acceptors (Lipinski definition) is 4. The fourth-order valence-corrected chi connectivity index (χ4v) is 5.54. The molecule has 38 heavy (non-hydrogen) atoms. The van der Waals surface area contributed by atoms with E-state index in [-0.39, 0.29) is 52.7 Å². The highest BCUT2D eigenvalue weighted by molar-refractivity contribution is 6.00. The Morgan fingerprint density at radius 2 is 1.50 bits per heavy atom. The third-order valence-corrected chi connectivity index (χ3v) is 7.26. The van der Waals surface area contributed by atoms with E-state index in [1.807, 2.05) is 13.8 Å². The number of ketones is 4. The fourth-order valence-electron chi connectivity index (χ4n) is 5.54. The van der Waals surface area contributed by atoms with Crippen molar-refractivity contribution in [2.75, 3.05) is 0 Å². The van der Waals surface area contributed by atoms with Crippen LogP contribution in [0.3, 0.4) is 0 Å². The average Bonchev–Trinajstić information content (AvgIpc) is 2.79. The Balaban J connectivity index is 0.00000150. The average molecular weight is 529 g/mol. The molecular weight excluding hydrogens is 472 g/mol. The molecule has 0 amide bonds. The van der Waals surface area contributed by atoms with Gasteiger partial charge in [-0.1, -0.05) is 86.8 Å². The van der Waals surface area contributed by atoms with Gasteiger partial charge in [-0.15, -0.1) is 0 Å². The molecule has 0 bridgehead atoms. The maximum Gasteiger partial charge on any atom is 0.163 e. The van der Waals surface area contributed by atoms with E-state index in [4.69, 9.17) is 0 Å². The maximum atomic E-state index is 13.1. The van der Waals surface area contributed by atoms with Crippen LogP contribution in [0.5, 0.6) is 0 Å². The van der Waals surface area contributed by atoms with Crippen molar-refractivity contribution in [3.05, 3.63) is 34.4 Å². The van der Waals surface area contributed by atoms with Crippen molar-refractivity contribution in [2.45, 2.75) is 139 Å². The monoisotopic (exact) mass is 528 g/mol. The molecule has 1 aliphatic rings. The van der Waals surface area contributed by atoms with Crippen LogP contribution in [0.25, 0.3) is 0 Å². The normalized spacial score (nSPS) is 16.2. The smallest absolute Gasteiger partial charge is 0.163 e. The van der Waals surface area contributed by atoms with Crippen LogP contribution in [0.4, 0.5) is 0 Å². The molecule has 0 saturated heterocycles. The quantitative estimate of drug-likeness (QED) is 0.284. The van der Waals surface area contributed by atoms with Crippen LogP contribution in [-0.2, 0) is 26.2 Å². The third-order valence-electron chi connectivity index (χ3n) is 7.26. The van der Waals surface area contributed by atoms with E-state index in [1.165, 1.54) is 24.5 Å². The van der Waals surface area contributed by atoms with Crippen molar-refractivity contribution in [1.82, 2.24) is 0 Å². The predicted molar refractivity (Wildman–Crippen MR) is 160 cm³/mol. The second-order valence-corrected chi connectivity index (χ2v) is 12.1. The summed E-state index contributed by atoms with van der Waals surface area (Å²) in [5, 5.41) is 0. The summed E-state index contributed by atoms with van der Waals surface area (Å²) in [6, 6.07) is 4.35. The summed E-state index contributed by atoms with van der Waals surface area (Å²) in [5.74, 6) is 0.988. The molecule has 0 saturated carbocycles. The third kappa shape index (κ3) is 11.7. The van der Waals surface area contributed by atoms with Crippen molar-refractivity contribution in [2.24, 2.45) is 17.8 Å². The van der Waals surface area contributed by atoms with Gasteiger partial charge in [0, 0.05) is 24.3 Å². The lowest BCUT2D eigenvalue weighted by Crippen LogP contribution is -2.30.